The highest BCUT2D eigenvalue weighted by molar-refractivity contribution is 8.00. The fourth-order valence-electron chi connectivity index (χ4n) is 2.31. The summed E-state index contributed by atoms with van der Waals surface area (Å²) in [6.07, 6.45) is 0. The lowest BCUT2D eigenvalue weighted by Gasteiger charge is -2.08. The number of benzene rings is 2. The van der Waals surface area contributed by atoms with Crippen LogP contribution in [-0.4, -0.2) is 24.9 Å². The van der Waals surface area contributed by atoms with Crippen molar-refractivity contribution >= 4 is 32.8 Å². The molecule has 6 heteroatoms. The summed E-state index contributed by atoms with van der Waals surface area (Å²) < 4.78 is 29.1. The molecule has 24 heavy (non-hydrogen) atoms. The molecule has 0 saturated carbocycles. The van der Waals surface area contributed by atoms with Gasteiger partial charge in [-0.2, -0.15) is 8.42 Å². The molecule has 124 valence electrons. The van der Waals surface area contributed by atoms with E-state index in [1.807, 2.05) is 43.3 Å². The smallest absolute Gasteiger partial charge is 0.310 e. The van der Waals surface area contributed by atoms with Crippen LogP contribution in [0.5, 0.6) is 5.75 Å². The minimum atomic E-state index is -3.61. The minimum absolute atomic E-state index is 0.0693. The van der Waals surface area contributed by atoms with Crippen LogP contribution >= 0.6 is 11.8 Å². The zero-order valence-electron chi connectivity index (χ0n) is 13.2. The van der Waals surface area contributed by atoms with E-state index < -0.39 is 10.1 Å². The molecular weight excluding hydrogens is 342 g/mol. The molecule has 3 aromatic rings. The van der Waals surface area contributed by atoms with E-state index in [0.717, 1.165) is 21.5 Å². The molecule has 1 aromatic heterocycles. The molecule has 1 heterocycles. The van der Waals surface area contributed by atoms with Crippen LogP contribution < -0.4 is 4.18 Å². The Labute approximate surface area is 146 Å². The summed E-state index contributed by atoms with van der Waals surface area (Å²) in [7, 11) is -3.61. The Morgan fingerprint density at radius 1 is 1.04 bits per heavy atom. The van der Waals surface area contributed by atoms with Gasteiger partial charge in [-0.1, -0.05) is 36.4 Å². The number of thioether (sulfide) groups is 1. The minimum Gasteiger partial charge on any atom is -0.382 e. The highest BCUT2D eigenvalue weighted by Gasteiger charge is 2.13. The standard InChI is InChI=1S/C18H17NO3S2/c1-14-13-18(19-17-10-6-5-9-16(14)17)23-11-12-24(20,21)22-15-7-3-2-4-8-15/h2-10,13H,11-12H2,1H3. The number of para-hydroxylation sites is 2. The monoisotopic (exact) mass is 359 g/mol. The first kappa shape index (κ1) is 16.8. The van der Waals surface area contributed by atoms with Crippen molar-refractivity contribution in [2.75, 3.05) is 11.5 Å². The van der Waals surface area contributed by atoms with E-state index in [9.17, 15) is 8.42 Å². The predicted octanol–water partition coefficient (Wildman–Crippen LogP) is 4.04. The van der Waals surface area contributed by atoms with Crippen molar-refractivity contribution in [1.82, 2.24) is 4.98 Å². The van der Waals surface area contributed by atoms with Crippen molar-refractivity contribution < 1.29 is 12.6 Å². The normalized spacial score (nSPS) is 11.5. The van der Waals surface area contributed by atoms with Crippen molar-refractivity contribution in [3.63, 3.8) is 0 Å². The molecular formula is C18H17NO3S2. The van der Waals surface area contributed by atoms with Gasteiger partial charge < -0.3 is 4.18 Å². The summed E-state index contributed by atoms with van der Waals surface area (Å²) in [5, 5.41) is 1.93. The fourth-order valence-corrected chi connectivity index (χ4v) is 4.57. The van der Waals surface area contributed by atoms with Gasteiger partial charge >= 0.3 is 10.1 Å². The molecule has 0 saturated heterocycles. The van der Waals surface area contributed by atoms with Gasteiger partial charge in [0.15, 0.2) is 0 Å². The Balaban J connectivity index is 1.64. The molecule has 0 N–H and O–H groups in total. The molecule has 0 aliphatic heterocycles. The highest BCUT2D eigenvalue weighted by Crippen LogP contribution is 2.24. The van der Waals surface area contributed by atoms with Crippen molar-refractivity contribution in [1.29, 1.82) is 0 Å². The molecule has 0 atom stereocenters. The molecule has 0 spiro atoms. The van der Waals surface area contributed by atoms with Crippen LogP contribution in [0, 0.1) is 6.92 Å². The van der Waals surface area contributed by atoms with Gasteiger partial charge in [0, 0.05) is 11.1 Å². The quantitative estimate of drug-likeness (QED) is 0.491. The van der Waals surface area contributed by atoms with Gasteiger partial charge in [-0.25, -0.2) is 4.98 Å². The number of fused-ring (bicyclic) bond motifs is 1. The Kier molecular flexibility index (Phi) is 5.06. The van der Waals surface area contributed by atoms with Crippen molar-refractivity contribution in [3.8, 4) is 5.75 Å². The van der Waals surface area contributed by atoms with Crippen LogP contribution in [0.25, 0.3) is 10.9 Å². The Morgan fingerprint density at radius 2 is 1.75 bits per heavy atom. The maximum absolute atomic E-state index is 12.0. The van der Waals surface area contributed by atoms with Gasteiger partial charge in [0.2, 0.25) is 0 Å². The summed E-state index contributed by atoms with van der Waals surface area (Å²) in [4.78, 5) is 4.57. The molecule has 0 fully saturated rings. The molecule has 0 radical (unpaired) electrons. The number of hydrogen-bond acceptors (Lipinski definition) is 5. The topological polar surface area (TPSA) is 56.3 Å². The third-order valence-electron chi connectivity index (χ3n) is 3.45. The van der Waals surface area contributed by atoms with Crippen molar-refractivity contribution in [3.05, 3.63) is 66.2 Å². The van der Waals surface area contributed by atoms with E-state index in [1.54, 1.807) is 24.3 Å². The van der Waals surface area contributed by atoms with Gasteiger partial charge in [0.05, 0.1) is 16.3 Å². The number of hydrogen-bond donors (Lipinski definition) is 0. The number of rotatable bonds is 6. The Bertz CT molecular complexity index is 941. The third kappa shape index (κ3) is 4.27. The first-order valence-electron chi connectivity index (χ1n) is 7.50. The zero-order chi connectivity index (χ0) is 17.0. The first-order valence-corrected chi connectivity index (χ1v) is 10.1. The van der Waals surface area contributed by atoms with Crippen LogP contribution in [0.4, 0.5) is 0 Å². The highest BCUT2D eigenvalue weighted by atomic mass is 32.2. The predicted molar refractivity (Wildman–Crippen MR) is 98.1 cm³/mol. The molecule has 0 aliphatic rings. The second kappa shape index (κ2) is 7.23. The zero-order valence-corrected chi connectivity index (χ0v) is 14.8. The number of aryl methyl sites for hydroxylation is 1. The van der Waals surface area contributed by atoms with Gasteiger partial charge in [-0.3, -0.25) is 0 Å². The molecule has 0 bridgehead atoms. The van der Waals surface area contributed by atoms with Gasteiger partial charge in [0.1, 0.15) is 5.75 Å². The van der Waals surface area contributed by atoms with E-state index in [1.165, 1.54) is 11.8 Å². The van der Waals surface area contributed by atoms with Crippen LogP contribution in [-0.2, 0) is 10.1 Å². The SMILES string of the molecule is Cc1cc(SCCS(=O)(=O)Oc2ccccc2)nc2ccccc12. The van der Waals surface area contributed by atoms with Gasteiger partial charge in [-0.05, 0) is 36.8 Å². The van der Waals surface area contributed by atoms with E-state index in [-0.39, 0.29) is 5.75 Å². The van der Waals surface area contributed by atoms with Crippen LogP contribution in [0.1, 0.15) is 5.56 Å². The van der Waals surface area contributed by atoms with Crippen LogP contribution in [0.3, 0.4) is 0 Å². The summed E-state index contributed by atoms with van der Waals surface area (Å²) in [5.41, 5.74) is 2.05. The van der Waals surface area contributed by atoms with Crippen molar-refractivity contribution in [2.45, 2.75) is 11.9 Å². The average molecular weight is 359 g/mol. The lowest BCUT2D eigenvalue weighted by molar-refractivity contribution is 0.488. The summed E-state index contributed by atoms with van der Waals surface area (Å²) in [6, 6.07) is 18.4. The van der Waals surface area contributed by atoms with Gasteiger partial charge in [-0.15, -0.1) is 11.8 Å². The summed E-state index contributed by atoms with van der Waals surface area (Å²) in [6.45, 7) is 2.03. The largest absolute Gasteiger partial charge is 0.382 e. The number of aromatic nitrogens is 1. The second-order valence-electron chi connectivity index (χ2n) is 5.30. The molecule has 0 aliphatic carbocycles. The van der Waals surface area contributed by atoms with E-state index >= 15 is 0 Å². The third-order valence-corrected chi connectivity index (χ3v) is 5.77. The molecule has 0 unspecified atom stereocenters. The molecule has 3 rings (SSSR count). The van der Waals surface area contributed by atoms with Crippen LogP contribution in [0.2, 0.25) is 0 Å². The van der Waals surface area contributed by atoms with Crippen LogP contribution in [0.15, 0.2) is 65.7 Å². The maximum Gasteiger partial charge on any atom is 0.310 e. The second-order valence-corrected chi connectivity index (χ2v) is 8.11. The lowest BCUT2D eigenvalue weighted by atomic mass is 10.1. The maximum atomic E-state index is 12.0. The van der Waals surface area contributed by atoms with E-state index in [4.69, 9.17) is 4.18 Å². The lowest BCUT2D eigenvalue weighted by Crippen LogP contribution is -2.15. The molecule has 2 aromatic carbocycles. The van der Waals surface area contributed by atoms with Crippen molar-refractivity contribution in [2.24, 2.45) is 0 Å². The Morgan fingerprint density at radius 3 is 2.54 bits per heavy atom. The number of pyridine rings is 1. The molecule has 4 nitrogen and oxygen atoms in total. The Hall–Kier alpha value is -2.05. The fraction of sp³-hybridized carbons (Fsp3) is 0.167. The summed E-state index contributed by atoms with van der Waals surface area (Å²) in [5.74, 6) is 0.655. The number of nitrogens with zero attached hydrogens (tertiary/aromatic N) is 1. The van der Waals surface area contributed by atoms with Gasteiger partial charge in [0.25, 0.3) is 0 Å². The average Bonchev–Trinajstić information content (AvgIpc) is 2.55. The van der Waals surface area contributed by atoms with E-state index in [2.05, 4.69) is 4.98 Å². The first-order chi connectivity index (χ1) is 11.5. The molecule has 0 amide bonds. The summed E-state index contributed by atoms with van der Waals surface area (Å²) >= 11 is 1.42. The van der Waals surface area contributed by atoms with E-state index in [0.29, 0.717) is 11.5 Å².